The van der Waals surface area contributed by atoms with Gasteiger partial charge in [-0.3, -0.25) is 9.59 Å². The van der Waals surface area contributed by atoms with Crippen LogP contribution in [0.15, 0.2) is 23.8 Å². The summed E-state index contributed by atoms with van der Waals surface area (Å²) in [5.41, 5.74) is -0.633. The number of ether oxygens (including phenoxy) is 3. The molecular weight excluding hydrogens is 600 g/mol. The van der Waals surface area contributed by atoms with Crippen molar-refractivity contribution in [2.75, 3.05) is 31.3 Å². The van der Waals surface area contributed by atoms with Crippen LogP contribution < -0.4 is 5.32 Å². The van der Waals surface area contributed by atoms with E-state index in [1.54, 1.807) is 12.2 Å². The largest absolute Gasteiger partial charge is 0.441 e. The van der Waals surface area contributed by atoms with Crippen molar-refractivity contribution in [3.8, 4) is 0 Å². The SMILES string of the molecule is CCCC1O[C@@H]2C[C@@H]3C(C[C@H](O)[C@H]4[C@H]3CCC3=CC(=O)C=C[C@@]34C)[C@]2(C(=O)COC(=O)NCCSSCCO[N+](=O)[O-])O1. The zero-order chi connectivity index (χ0) is 30.8. The second-order valence-corrected chi connectivity index (χ2v) is 14.8. The number of ketones is 2. The minimum absolute atomic E-state index is 0.00830. The lowest BCUT2D eigenvalue weighted by molar-refractivity contribution is -0.756. The summed E-state index contributed by atoms with van der Waals surface area (Å²) in [7, 11) is 2.82. The van der Waals surface area contributed by atoms with Gasteiger partial charge >= 0.3 is 6.09 Å². The van der Waals surface area contributed by atoms with Crippen molar-refractivity contribution in [1.82, 2.24) is 5.32 Å². The highest BCUT2D eigenvalue weighted by Crippen LogP contribution is 2.64. The number of amides is 1. The van der Waals surface area contributed by atoms with Crippen molar-refractivity contribution in [1.29, 1.82) is 0 Å². The number of aliphatic hydroxyl groups is 1. The third kappa shape index (κ3) is 6.35. The van der Waals surface area contributed by atoms with E-state index in [4.69, 9.17) is 14.2 Å². The van der Waals surface area contributed by atoms with Crippen molar-refractivity contribution >= 4 is 39.2 Å². The Balaban J connectivity index is 1.22. The monoisotopic (exact) mass is 640 g/mol. The van der Waals surface area contributed by atoms with Crippen LogP contribution in [-0.2, 0) is 28.6 Å². The lowest BCUT2D eigenvalue weighted by Gasteiger charge is -2.56. The molecule has 1 saturated heterocycles. The van der Waals surface area contributed by atoms with E-state index in [1.165, 1.54) is 21.6 Å². The molecule has 4 fully saturated rings. The maximum atomic E-state index is 14.0. The van der Waals surface area contributed by atoms with E-state index in [0.29, 0.717) is 37.3 Å². The molecule has 238 valence electrons. The van der Waals surface area contributed by atoms with Gasteiger partial charge in [-0.1, -0.05) is 53.5 Å². The number of nitrogens with zero attached hydrogens (tertiary/aromatic N) is 1. The lowest BCUT2D eigenvalue weighted by atomic mass is 9.49. The number of aliphatic hydroxyl groups excluding tert-OH is 1. The van der Waals surface area contributed by atoms with Crippen LogP contribution in [0.5, 0.6) is 0 Å². The molecule has 0 spiro atoms. The third-order valence-electron chi connectivity index (χ3n) is 9.83. The molecule has 9 atom stereocenters. The summed E-state index contributed by atoms with van der Waals surface area (Å²) in [6.45, 7) is 3.95. The number of carbonyl (C=O) groups is 3. The summed E-state index contributed by atoms with van der Waals surface area (Å²) >= 11 is 0. The van der Waals surface area contributed by atoms with Gasteiger partial charge < -0.3 is 29.5 Å². The molecule has 0 aromatic carbocycles. The fourth-order valence-corrected chi connectivity index (χ4v) is 9.93. The highest BCUT2D eigenvalue weighted by molar-refractivity contribution is 8.76. The minimum Gasteiger partial charge on any atom is -0.441 e. The van der Waals surface area contributed by atoms with Gasteiger partial charge in [-0.05, 0) is 56.1 Å². The average molecular weight is 641 g/mol. The Bertz CT molecular complexity index is 1170. The Hall–Kier alpha value is -2.13. The number of allylic oxidation sites excluding steroid dienone is 4. The average Bonchev–Trinajstić information content (AvgIpc) is 3.47. The molecule has 1 heterocycles. The summed E-state index contributed by atoms with van der Waals surface area (Å²) in [5.74, 6) is 0.489. The summed E-state index contributed by atoms with van der Waals surface area (Å²) in [4.78, 5) is 52.9. The molecule has 5 rings (SSSR count). The smallest absolute Gasteiger partial charge is 0.407 e. The van der Waals surface area contributed by atoms with E-state index >= 15 is 0 Å². The standard InChI is InChI=1S/C29H40N2O10S2/c1-3-4-25-40-24-14-20-19-6-5-17-13-18(32)7-8-28(17,2)26(19)22(33)15-21(20)29(24,41-25)23(34)16-38-27(35)30-9-11-42-43-12-10-39-31(36)37/h7-8,13,19-22,24-26,33H,3-6,9-12,14-16H2,1-2H3,(H,30,35)/t19-,20-,21?,22-,24+,25?,26+,28-,29+/m0/s1. The van der Waals surface area contributed by atoms with E-state index in [2.05, 4.69) is 17.1 Å². The highest BCUT2D eigenvalue weighted by atomic mass is 33.1. The number of hydrogen-bond acceptors (Lipinski definition) is 12. The van der Waals surface area contributed by atoms with Gasteiger partial charge in [-0.2, -0.15) is 0 Å². The normalized spacial score (nSPS) is 37.4. The molecule has 0 radical (unpaired) electrons. The predicted octanol–water partition coefficient (Wildman–Crippen LogP) is 3.65. The molecule has 5 aliphatic rings. The van der Waals surface area contributed by atoms with Crippen LogP contribution in [0.3, 0.4) is 0 Å². The molecule has 4 aliphatic carbocycles. The third-order valence-corrected chi connectivity index (χ3v) is 12.2. The van der Waals surface area contributed by atoms with Gasteiger partial charge in [0.25, 0.3) is 5.09 Å². The molecule has 0 aromatic rings. The van der Waals surface area contributed by atoms with Gasteiger partial charge in [0.05, 0.1) is 12.2 Å². The lowest BCUT2D eigenvalue weighted by Crippen LogP contribution is -2.58. The fourth-order valence-electron chi connectivity index (χ4n) is 8.21. The molecule has 12 nitrogen and oxygen atoms in total. The Labute approximate surface area is 258 Å². The molecule has 3 saturated carbocycles. The van der Waals surface area contributed by atoms with Gasteiger partial charge in [0.15, 0.2) is 24.3 Å². The maximum absolute atomic E-state index is 14.0. The number of fused-ring (bicyclic) bond motifs is 7. The molecule has 0 aromatic heterocycles. The Morgan fingerprint density at radius 1 is 1.26 bits per heavy atom. The second-order valence-electron chi connectivity index (χ2n) is 12.1. The first kappa shape index (κ1) is 32.3. The van der Waals surface area contributed by atoms with E-state index in [9.17, 15) is 29.6 Å². The van der Waals surface area contributed by atoms with E-state index in [-0.39, 0.29) is 41.8 Å². The first-order chi connectivity index (χ1) is 20.6. The molecule has 43 heavy (non-hydrogen) atoms. The second kappa shape index (κ2) is 13.5. The van der Waals surface area contributed by atoms with Crippen molar-refractivity contribution in [3.05, 3.63) is 33.9 Å². The summed E-state index contributed by atoms with van der Waals surface area (Å²) in [5, 5.41) is 23.6. The van der Waals surface area contributed by atoms with Crippen LogP contribution in [0, 0.1) is 39.2 Å². The van der Waals surface area contributed by atoms with Crippen molar-refractivity contribution in [2.45, 2.75) is 76.5 Å². The van der Waals surface area contributed by atoms with Crippen molar-refractivity contribution < 1.29 is 43.6 Å². The Morgan fingerprint density at radius 2 is 2.05 bits per heavy atom. The first-order valence-electron chi connectivity index (χ1n) is 15.0. The molecule has 1 aliphatic heterocycles. The van der Waals surface area contributed by atoms with Crippen LogP contribution in [0.1, 0.15) is 52.4 Å². The number of hydrogen-bond donors (Lipinski definition) is 2. The van der Waals surface area contributed by atoms with Crippen LogP contribution >= 0.6 is 21.6 Å². The number of Topliss-reactive ketones (excluding diaryl/α,β-unsaturated/α-hetero) is 1. The van der Waals surface area contributed by atoms with Crippen molar-refractivity contribution in [2.24, 2.45) is 29.1 Å². The number of nitrogens with one attached hydrogen (secondary N) is 1. The van der Waals surface area contributed by atoms with Crippen molar-refractivity contribution in [3.63, 3.8) is 0 Å². The molecule has 0 bridgehead atoms. The van der Waals surface area contributed by atoms with Gasteiger partial charge in [0, 0.05) is 35.3 Å². The van der Waals surface area contributed by atoms with Crippen LogP contribution in [0.2, 0.25) is 0 Å². The Morgan fingerprint density at radius 3 is 2.81 bits per heavy atom. The van der Waals surface area contributed by atoms with Gasteiger partial charge in [0.2, 0.25) is 5.78 Å². The van der Waals surface area contributed by atoms with Crippen LogP contribution in [0.25, 0.3) is 0 Å². The maximum Gasteiger partial charge on any atom is 0.407 e. The van der Waals surface area contributed by atoms with Gasteiger partial charge in [-0.15, -0.1) is 10.1 Å². The molecular formula is C29H40N2O10S2. The molecule has 14 heteroatoms. The van der Waals surface area contributed by atoms with Gasteiger partial charge in [0.1, 0.15) is 6.61 Å². The number of alkyl carbamates (subject to hydrolysis) is 1. The zero-order valence-corrected chi connectivity index (χ0v) is 26.1. The van der Waals surface area contributed by atoms with E-state index in [1.807, 2.05) is 13.0 Å². The molecule has 2 unspecified atom stereocenters. The van der Waals surface area contributed by atoms with Crippen LogP contribution in [-0.4, -0.2) is 83.2 Å². The van der Waals surface area contributed by atoms with Gasteiger partial charge in [-0.25, -0.2) is 4.79 Å². The van der Waals surface area contributed by atoms with Crippen LogP contribution in [0.4, 0.5) is 4.79 Å². The molecule has 2 N–H and O–H groups in total. The number of rotatable bonds is 13. The summed E-state index contributed by atoms with van der Waals surface area (Å²) < 4.78 is 18.2. The summed E-state index contributed by atoms with van der Waals surface area (Å²) in [6.07, 6.45) is 6.91. The molecule has 1 amide bonds. The highest BCUT2D eigenvalue weighted by Gasteiger charge is 2.70. The number of carbonyl (C=O) groups excluding carboxylic acids is 3. The Kier molecular flexibility index (Phi) is 10.1. The topological polar surface area (TPSA) is 164 Å². The summed E-state index contributed by atoms with van der Waals surface area (Å²) in [6, 6.07) is 0. The predicted molar refractivity (Wildman–Crippen MR) is 158 cm³/mol. The quantitative estimate of drug-likeness (QED) is 0.130. The van der Waals surface area contributed by atoms with E-state index in [0.717, 1.165) is 24.8 Å². The fraction of sp³-hybridized carbons (Fsp3) is 0.759. The minimum atomic E-state index is -1.29. The first-order valence-corrected chi connectivity index (χ1v) is 17.5. The van der Waals surface area contributed by atoms with E-state index < -0.39 is 47.3 Å². The zero-order valence-electron chi connectivity index (χ0n) is 24.4.